The summed E-state index contributed by atoms with van der Waals surface area (Å²) in [4.78, 5) is 39.6. The summed E-state index contributed by atoms with van der Waals surface area (Å²) in [5.41, 5.74) is 4.72. The molecule has 1 aliphatic heterocycles. The van der Waals surface area contributed by atoms with Gasteiger partial charge in [0.25, 0.3) is 17.7 Å². The van der Waals surface area contributed by atoms with Gasteiger partial charge < -0.3 is 4.90 Å². The van der Waals surface area contributed by atoms with Crippen molar-refractivity contribution in [2.24, 2.45) is 0 Å². The zero-order chi connectivity index (χ0) is 21.9. The molecule has 11 heteroatoms. The van der Waals surface area contributed by atoms with Crippen molar-refractivity contribution in [3.05, 3.63) is 52.2 Å². The molecule has 0 unspecified atom stereocenters. The Morgan fingerprint density at radius 1 is 1.13 bits per heavy atom. The number of hydrogen-bond acceptors (Lipinski definition) is 6. The second kappa shape index (κ2) is 8.94. The van der Waals surface area contributed by atoms with E-state index in [4.69, 9.17) is 0 Å². The van der Waals surface area contributed by atoms with E-state index in [0.717, 1.165) is 4.31 Å². The lowest BCUT2D eigenvalue weighted by atomic mass is 10.2. The van der Waals surface area contributed by atoms with Crippen molar-refractivity contribution in [3.63, 3.8) is 0 Å². The van der Waals surface area contributed by atoms with Gasteiger partial charge in [-0.2, -0.15) is 0 Å². The third kappa shape index (κ3) is 4.53. The van der Waals surface area contributed by atoms with E-state index in [2.05, 4.69) is 10.9 Å². The van der Waals surface area contributed by atoms with Crippen LogP contribution in [0.25, 0.3) is 0 Å². The van der Waals surface area contributed by atoms with Gasteiger partial charge in [-0.3, -0.25) is 25.2 Å². The SMILES string of the molecule is CN(C)S(=O)(=O)c1cccc(C(=O)NNC(=O)[C@@H]2CCCN2C(=O)c2cccs2)c1. The molecule has 0 saturated carbocycles. The molecule has 0 bridgehead atoms. The van der Waals surface area contributed by atoms with Gasteiger partial charge in [-0.1, -0.05) is 12.1 Å². The Hall–Kier alpha value is -2.76. The largest absolute Gasteiger partial charge is 0.326 e. The minimum Gasteiger partial charge on any atom is -0.326 e. The highest BCUT2D eigenvalue weighted by Gasteiger charge is 2.35. The fourth-order valence-electron chi connectivity index (χ4n) is 3.11. The minimum atomic E-state index is -3.69. The first-order valence-electron chi connectivity index (χ1n) is 9.19. The molecule has 0 spiro atoms. The van der Waals surface area contributed by atoms with E-state index in [0.29, 0.717) is 24.3 Å². The number of amides is 3. The van der Waals surface area contributed by atoms with E-state index in [-0.39, 0.29) is 16.4 Å². The van der Waals surface area contributed by atoms with Crippen molar-refractivity contribution in [2.75, 3.05) is 20.6 Å². The first-order valence-corrected chi connectivity index (χ1v) is 11.5. The Bertz CT molecular complexity index is 1050. The van der Waals surface area contributed by atoms with Crippen LogP contribution in [0.5, 0.6) is 0 Å². The van der Waals surface area contributed by atoms with Crippen molar-refractivity contribution in [1.82, 2.24) is 20.1 Å². The first kappa shape index (κ1) is 21.9. The topological polar surface area (TPSA) is 116 Å². The number of carbonyl (C=O) groups is 3. The summed E-state index contributed by atoms with van der Waals surface area (Å²) < 4.78 is 25.5. The van der Waals surface area contributed by atoms with E-state index in [1.54, 1.807) is 17.5 Å². The van der Waals surface area contributed by atoms with Crippen molar-refractivity contribution in [1.29, 1.82) is 0 Å². The van der Waals surface area contributed by atoms with E-state index in [1.807, 2.05) is 0 Å². The maximum atomic E-state index is 12.6. The molecule has 30 heavy (non-hydrogen) atoms. The van der Waals surface area contributed by atoms with Crippen LogP contribution < -0.4 is 10.9 Å². The quantitative estimate of drug-likeness (QED) is 0.661. The number of likely N-dealkylation sites (tertiary alicyclic amines) is 1. The fraction of sp³-hybridized carbons (Fsp3) is 0.316. The molecule has 3 rings (SSSR count). The molecule has 9 nitrogen and oxygen atoms in total. The molecule has 0 aliphatic carbocycles. The Balaban J connectivity index is 1.65. The Kier molecular flexibility index (Phi) is 6.54. The van der Waals surface area contributed by atoms with Crippen LogP contribution in [0.2, 0.25) is 0 Å². The molecule has 0 radical (unpaired) electrons. The molecule has 1 aromatic heterocycles. The first-order chi connectivity index (χ1) is 14.2. The number of sulfonamides is 1. The Morgan fingerprint density at radius 3 is 2.57 bits per heavy atom. The molecule has 2 N–H and O–H groups in total. The van der Waals surface area contributed by atoms with Crippen LogP contribution in [0.15, 0.2) is 46.7 Å². The van der Waals surface area contributed by atoms with Gasteiger partial charge in [0.15, 0.2) is 0 Å². The normalized spacial score (nSPS) is 16.5. The smallest absolute Gasteiger partial charge is 0.269 e. The number of hydrazine groups is 1. The van der Waals surface area contributed by atoms with Gasteiger partial charge >= 0.3 is 0 Å². The van der Waals surface area contributed by atoms with Gasteiger partial charge in [0.05, 0.1) is 9.77 Å². The van der Waals surface area contributed by atoms with Gasteiger partial charge in [-0.05, 0) is 42.5 Å². The lowest BCUT2D eigenvalue weighted by molar-refractivity contribution is -0.125. The number of benzene rings is 1. The zero-order valence-corrected chi connectivity index (χ0v) is 18.1. The standard InChI is InChI=1S/C19H22N4O5S2/c1-22(2)30(27,28)14-7-3-6-13(12-14)17(24)20-21-18(25)15-8-4-10-23(15)19(26)16-9-5-11-29-16/h3,5-7,9,11-12,15H,4,8,10H2,1-2H3,(H,20,24)(H,21,25)/t15-/m0/s1. The van der Waals surface area contributed by atoms with E-state index in [1.165, 1.54) is 54.6 Å². The number of thiophene rings is 1. The highest BCUT2D eigenvalue weighted by Crippen LogP contribution is 2.22. The lowest BCUT2D eigenvalue weighted by Gasteiger charge is -2.23. The van der Waals surface area contributed by atoms with Gasteiger partial charge in [-0.25, -0.2) is 12.7 Å². The summed E-state index contributed by atoms with van der Waals surface area (Å²) >= 11 is 1.31. The molecule has 1 fully saturated rings. The lowest BCUT2D eigenvalue weighted by Crippen LogP contribution is -2.51. The van der Waals surface area contributed by atoms with Crippen LogP contribution in [0.1, 0.15) is 32.9 Å². The molecule has 2 heterocycles. The third-order valence-corrected chi connectivity index (χ3v) is 7.39. The molecule has 1 atom stereocenters. The molecular weight excluding hydrogens is 428 g/mol. The fourth-order valence-corrected chi connectivity index (χ4v) is 4.73. The van der Waals surface area contributed by atoms with Crippen LogP contribution in [0.3, 0.4) is 0 Å². The van der Waals surface area contributed by atoms with Gasteiger partial charge in [-0.15, -0.1) is 11.3 Å². The third-order valence-electron chi connectivity index (χ3n) is 4.72. The van der Waals surface area contributed by atoms with Crippen molar-refractivity contribution in [2.45, 2.75) is 23.8 Å². The molecular formula is C19H22N4O5S2. The number of nitrogens with zero attached hydrogens (tertiary/aromatic N) is 2. The number of nitrogens with one attached hydrogen (secondary N) is 2. The van der Waals surface area contributed by atoms with Crippen LogP contribution in [0, 0.1) is 0 Å². The average Bonchev–Trinajstić information content (AvgIpc) is 3.43. The van der Waals surface area contributed by atoms with Crippen LogP contribution in [-0.4, -0.2) is 62.0 Å². The van der Waals surface area contributed by atoms with Crippen LogP contribution in [-0.2, 0) is 14.8 Å². The molecule has 3 amide bonds. The van der Waals surface area contributed by atoms with Crippen LogP contribution in [0.4, 0.5) is 0 Å². The van der Waals surface area contributed by atoms with Crippen molar-refractivity contribution < 1.29 is 22.8 Å². The summed E-state index contributed by atoms with van der Waals surface area (Å²) in [6, 6.07) is 8.31. The number of carbonyl (C=O) groups excluding carboxylic acids is 3. The summed E-state index contributed by atoms with van der Waals surface area (Å²) in [5, 5.41) is 1.79. The molecule has 1 aromatic carbocycles. The predicted octanol–water partition coefficient (Wildman–Crippen LogP) is 1.06. The van der Waals surface area contributed by atoms with Gasteiger partial charge in [0.2, 0.25) is 10.0 Å². The monoisotopic (exact) mass is 450 g/mol. The second-order valence-corrected chi connectivity index (χ2v) is 9.99. The second-order valence-electron chi connectivity index (χ2n) is 6.89. The van der Waals surface area contributed by atoms with Gasteiger partial charge in [0, 0.05) is 26.2 Å². The number of hydrogen-bond donors (Lipinski definition) is 2. The maximum absolute atomic E-state index is 12.6. The van der Waals surface area contributed by atoms with E-state index in [9.17, 15) is 22.8 Å². The average molecular weight is 451 g/mol. The van der Waals surface area contributed by atoms with E-state index < -0.39 is 27.9 Å². The molecule has 1 aliphatic rings. The summed E-state index contributed by atoms with van der Waals surface area (Å²) in [7, 11) is -0.901. The maximum Gasteiger partial charge on any atom is 0.269 e. The molecule has 160 valence electrons. The van der Waals surface area contributed by atoms with Gasteiger partial charge in [0.1, 0.15) is 6.04 Å². The van der Waals surface area contributed by atoms with Crippen LogP contribution >= 0.6 is 11.3 Å². The van der Waals surface area contributed by atoms with E-state index >= 15 is 0 Å². The predicted molar refractivity (Wildman–Crippen MR) is 111 cm³/mol. The summed E-state index contributed by atoms with van der Waals surface area (Å²) in [5.74, 6) is -1.37. The van der Waals surface area contributed by atoms with Crippen molar-refractivity contribution >= 4 is 39.1 Å². The highest BCUT2D eigenvalue weighted by atomic mass is 32.2. The Labute approximate surface area is 178 Å². The summed E-state index contributed by atoms with van der Waals surface area (Å²) in [6.07, 6.45) is 1.18. The highest BCUT2D eigenvalue weighted by molar-refractivity contribution is 7.89. The minimum absolute atomic E-state index is 0.0324. The summed E-state index contributed by atoms with van der Waals surface area (Å²) in [6.45, 7) is 0.465. The zero-order valence-electron chi connectivity index (χ0n) is 16.5. The number of rotatable bonds is 5. The molecule has 1 saturated heterocycles. The van der Waals surface area contributed by atoms with Crippen molar-refractivity contribution in [3.8, 4) is 0 Å². The molecule has 2 aromatic rings. The Morgan fingerprint density at radius 2 is 1.90 bits per heavy atom.